The van der Waals surface area contributed by atoms with Crippen LogP contribution in [0.5, 0.6) is 0 Å². The van der Waals surface area contributed by atoms with E-state index in [0.29, 0.717) is 12.8 Å². The molecule has 0 bridgehead atoms. The predicted molar refractivity (Wildman–Crippen MR) is 97.6 cm³/mol. The van der Waals surface area contributed by atoms with E-state index in [1.807, 2.05) is 59.7 Å². The van der Waals surface area contributed by atoms with E-state index in [4.69, 9.17) is 4.43 Å². The molecule has 0 radical (unpaired) electrons. The van der Waals surface area contributed by atoms with Gasteiger partial charge in [0, 0.05) is 16.7 Å². The number of rotatable bonds is 7. The lowest BCUT2D eigenvalue weighted by Crippen LogP contribution is -2.51. The molecule has 0 aromatic heterocycles. The van der Waals surface area contributed by atoms with Crippen molar-refractivity contribution in [1.82, 2.24) is 0 Å². The summed E-state index contributed by atoms with van der Waals surface area (Å²) in [5.41, 5.74) is 1.21. The van der Waals surface area contributed by atoms with E-state index in [2.05, 4.69) is 12.1 Å². The molecule has 1 aromatic carbocycles. The molecular formula is C19H33FO2Si. The van der Waals surface area contributed by atoms with Crippen LogP contribution in [0.25, 0.3) is 0 Å². The molecule has 0 fully saturated rings. The molecule has 0 amide bonds. The minimum Gasteiger partial charge on any atom is -0.393 e. The van der Waals surface area contributed by atoms with Gasteiger partial charge >= 0.3 is 8.65 Å². The molecular weight excluding hydrogens is 307 g/mol. The first-order valence-corrected chi connectivity index (χ1v) is 10.3. The van der Waals surface area contributed by atoms with Crippen LogP contribution in [0.1, 0.15) is 59.9 Å². The summed E-state index contributed by atoms with van der Waals surface area (Å²) in [6.45, 7) is 11.8. The fraction of sp³-hybridized carbons (Fsp3) is 0.684. The van der Waals surface area contributed by atoms with Crippen LogP contribution < -0.4 is 0 Å². The summed E-state index contributed by atoms with van der Waals surface area (Å²) in [5.74, 6) is 0. The van der Waals surface area contributed by atoms with Crippen LogP contribution in [-0.2, 0) is 10.8 Å². The van der Waals surface area contributed by atoms with Crippen LogP contribution in [0.3, 0.4) is 0 Å². The van der Waals surface area contributed by atoms with Gasteiger partial charge in [-0.3, -0.25) is 4.11 Å². The van der Waals surface area contributed by atoms with Crippen LogP contribution in [0, 0.1) is 0 Å². The SMILES string of the molecule is CC(C)(C)[Si](F)(OCCC(O)CCc1ccccc1)C(C)(C)C. The Bertz CT molecular complexity index is 448. The molecule has 23 heavy (non-hydrogen) atoms. The van der Waals surface area contributed by atoms with Crippen LogP contribution in [0.2, 0.25) is 10.1 Å². The van der Waals surface area contributed by atoms with Gasteiger partial charge in [-0.2, -0.15) is 0 Å². The number of aryl methyl sites for hydroxylation is 1. The third-order valence-corrected chi connectivity index (χ3v) is 8.75. The second-order valence-corrected chi connectivity index (χ2v) is 12.9. The van der Waals surface area contributed by atoms with Gasteiger partial charge in [0.05, 0.1) is 6.10 Å². The van der Waals surface area contributed by atoms with Gasteiger partial charge in [-0.1, -0.05) is 71.9 Å². The minimum absolute atomic E-state index is 0.285. The maximum Gasteiger partial charge on any atom is 0.394 e. The summed E-state index contributed by atoms with van der Waals surface area (Å²) in [4.78, 5) is 0. The Balaban J connectivity index is 2.47. The minimum atomic E-state index is -3.42. The lowest BCUT2D eigenvalue weighted by Gasteiger charge is -2.43. The Morgan fingerprint density at radius 3 is 2.00 bits per heavy atom. The molecule has 1 N–H and O–H groups in total. The topological polar surface area (TPSA) is 29.5 Å². The first-order chi connectivity index (χ1) is 10.5. The molecule has 0 heterocycles. The Labute approximate surface area is 142 Å². The van der Waals surface area contributed by atoms with Crippen molar-refractivity contribution in [1.29, 1.82) is 0 Å². The third-order valence-electron chi connectivity index (χ3n) is 4.29. The predicted octanol–water partition coefficient (Wildman–Crippen LogP) is 5.40. The van der Waals surface area contributed by atoms with E-state index in [0.717, 1.165) is 6.42 Å². The van der Waals surface area contributed by atoms with Gasteiger partial charge in [0.1, 0.15) is 0 Å². The van der Waals surface area contributed by atoms with Gasteiger partial charge in [-0.25, -0.2) is 0 Å². The van der Waals surface area contributed by atoms with Gasteiger partial charge in [0.25, 0.3) is 0 Å². The molecule has 0 aliphatic carbocycles. The molecule has 0 spiro atoms. The number of hydrogen-bond acceptors (Lipinski definition) is 2. The molecule has 1 unspecified atom stereocenters. The van der Waals surface area contributed by atoms with Crippen molar-refractivity contribution in [3.63, 3.8) is 0 Å². The second-order valence-electron chi connectivity index (χ2n) is 8.41. The quantitative estimate of drug-likeness (QED) is 0.532. The Kier molecular flexibility index (Phi) is 6.99. The maximum absolute atomic E-state index is 15.5. The second kappa shape index (κ2) is 7.91. The molecule has 1 atom stereocenters. The van der Waals surface area contributed by atoms with Crippen molar-refractivity contribution in [2.24, 2.45) is 0 Å². The average molecular weight is 341 g/mol. The highest BCUT2D eigenvalue weighted by molar-refractivity contribution is 6.72. The summed E-state index contributed by atoms with van der Waals surface area (Å²) in [6, 6.07) is 10.1. The van der Waals surface area contributed by atoms with Gasteiger partial charge in [0.2, 0.25) is 0 Å². The first kappa shape index (κ1) is 20.3. The first-order valence-electron chi connectivity index (χ1n) is 8.52. The van der Waals surface area contributed by atoms with Crippen LogP contribution in [-0.4, -0.2) is 26.5 Å². The molecule has 1 aromatic rings. The van der Waals surface area contributed by atoms with E-state index in [1.165, 1.54) is 5.56 Å². The monoisotopic (exact) mass is 340 g/mol. The Morgan fingerprint density at radius 2 is 1.52 bits per heavy atom. The number of hydrogen-bond donors (Lipinski definition) is 1. The normalized spacial score (nSPS) is 14.8. The lowest BCUT2D eigenvalue weighted by molar-refractivity contribution is 0.116. The van der Waals surface area contributed by atoms with Crippen LogP contribution in [0.4, 0.5) is 4.11 Å². The zero-order valence-corrected chi connectivity index (χ0v) is 16.5. The number of aliphatic hydroxyl groups excluding tert-OH is 1. The summed E-state index contributed by atoms with van der Waals surface area (Å²) < 4.78 is 21.3. The molecule has 0 saturated carbocycles. The largest absolute Gasteiger partial charge is 0.394 e. The van der Waals surface area contributed by atoms with Crippen molar-refractivity contribution in [2.45, 2.75) is 77.0 Å². The fourth-order valence-electron chi connectivity index (χ4n) is 3.02. The van der Waals surface area contributed by atoms with Gasteiger partial charge in [-0.15, -0.1) is 0 Å². The van der Waals surface area contributed by atoms with Gasteiger partial charge in [0.15, 0.2) is 0 Å². The molecule has 4 heteroatoms. The van der Waals surface area contributed by atoms with Crippen molar-refractivity contribution < 1.29 is 13.6 Å². The molecule has 0 saturated heterocycles. The number of halogens is 1. The average Bonchev–Trinajstić information content (AvgIpc) is 2.43. The van der Waals surface area contributed by atoms with Crippen LogP contribution >= 0.6 is 0 Å². The van der Waals surface area contributed by atoms with Crippen molar-refractivity contribution in [2.75, 3.05) is 6.61 Å². The van der Waals surface area contributed by atoms with Gasteiger partial charge in [-0.05, 0) is 24.8 Å². The zero-order chi connectivity index (χ0) is 17.7. The summed E-state index contributed by atoms with van der Waals surface area (Å²) >= 11 is 0. The lowest BCUT2D eigenvalue weighted by atomic mass is 10.1. The standard InChI is InChI=1S/C19H33FO2Si/c1-18(2,3)23(20,19(4,5)6)22-15-14-17(21)13-12-16-10-8-7-9-11-16/h7-11,17,21H,12-15H2,1-6H3. The van der Waals surface area contributed by atoms with Crippen molar-refractivity contribution in [3.05, 3.63) is 35.9 Å². The molecule has 0 aliphatic heterocycles. The smallest absolute Gasteiger partial charge is 0.393 e. The van der Waals surface area contributed by atoms with Gasteiger partial charge < -0.3 is 9.53 Å². The third kappa shape index (κ3) is 5.70. The van der Waals surface area contributed by atoms with E-state index in [9.17, 15) is 5.11 Å². The van der Waals surface area contributed by atoms with Crippen molar-refractivity contribution in [3.8, 4) is 0 Å². The highest BCUT2D eigenvalue weighted by atomic mass is 28.4. The van der Waals surface area contributed by atoms with E-state index < -0.39 is 24.8 Å². The summed E-state index contributed by atoms with van der Waals surface area (Å²) in [7, 11) is -3.42. The maximum atomic E-state index is 15.5. The van der Waals surface area contributed by atoms with E-state index in [-0.39, 0.29) is 6.61 Å². The Hall–Kier alpha value is -0.713. The van der Waals surface area contributed by atoms with E-state index >= 15 is 4.11 Å². The van der Waals surface area contributed by atoms with Crippen LogP contribution in [0.15, 0.2) is 30.3 Å². The van der Waals surface area contributed by atoms with Crippen molar-refractivity contribution >= 4 is 8.65 Å². The molecule has 1 rings (SSSR count). The Morgan fingerprint density at radius 1 is 1.00 bits per heavy atom. The fourth-order valence-corrected chi connectivity index (χ4v) is 6.53. The zero-order valence-electron chi connectivity index (χ0n) is 15.5. The molecule has 132 valence electrons. The van der Waals surface area contributed by atoms with E-state index in [1.54, 1.807) is 0 Å². The molecule has 0 aliphatic rings. The number of benzene rings is 1. The highest BCUT2D eigenvalue weighted by Crippen LogP contribution is 2.52. The molecule has 2 nitrogen and oxygen atoms in total. The number of aliphatic hydroxyl groups is 1. The summed E-state index contributed by atoms with van der Waals surface area (Å²) in [6.07, 6.45) is 1.55. The highest BCUT2D eigenvalue weighted by Gasteiger charge is 2.57. The summed E-state index contributed by atoms with van der Waals surface area (Å²) in [5, 5.41) is 9.15.